The number of carbonyl (C=O) groups excluding carboxylic acids is 2. The maximum absolute atomic E-state index is 12.9. The van der Waals surface area contributed by atoms with Gasteiger partial charge in [0, 0.05) is 45.8 Å². The van der Waals surface area contributed by atoms with Gasteiger partial charge in [-0.05, 0) is 31.2 Å². The van der Waals surface area contributed by atoms with Crippen LogP contribution in [0, 0.1) is 0 Å². The van der Waals surface area contributed by atoms with Crippen molar-refractivity contribution in [1.82, 2.24) is 9.80 Å². The van der Waals surface area contributed by atoms with Crippen LogP contribution in [0.1, 0.15) is 31.2 Å². The molecule has 0 atom stereocenters. The van der Waals surface area contributed by atoms with Crippen molar-refractivity contribution in [2.24, 2.45) is 5.73 Å². The summed E-state index contributed by atoms with van der Waals surface area (Å²) in [7, 11) is 0. The molecule has 0 radical (unpaired) electrons. The van der Waals surface area contributed by atoms with Crippen LogP contribution >= 0.6 is 12.4 Å². The van der Waals surface area contributed by atoms with Crippen LogP contribution in [-0.2, 0) is 20.7 Å². The number of amides is 2. The van der Waals surface area contributed by atoms with Crippen molar-refractivity contribution >= 4 is 24.2 Å². The maximum atomic E-state index is 12.9. The zero-order chi connectivity index (χ0) is 18.4. The smallest absolute Gasteiger partial charge is 0.242 e. The van der Waals surface area contributed by atoms with Crippen molar-refractivity contribution in [3.8, 4) is 0 Å². The zero-order valence-corrected chi connectivity index (χ0v) is 16.6. The summed E-state index contributed by atoms with van der Waals surface area (Å²) in [5.41, 5.74) is 6.72. The normalized spacial score (nSPS) is 19.7. The third-order valence-corrected chi connectivity index (χ3v) is 5.42. The molecular weight excluding hydrogens is 366 g/mol. The molecule has 6 nitrogen and oxygen atoms in total. The van der Waals surface area contributed by atoms with Crippen molar-refractivity contribution in [2.75, 3.05) is 39.4 Å². The van der Waals surface area contributed by atoms with Crippen LogP contribution in [0.2, 0.25) is 0 Å². The van der Waals surface area contributed by atoms with Gasteiger partial charge < -0.3 is 20.3 Å². The number of hydrogen-bond donors (Lipinski definition) is 1. The van der Waals surface area contributed by atoms with Gasteiger partial charge in [-0.25, -0.2) is 0 Å². The Morgan fingerprint density at radius 2 is 1.63 bits per heavy atom. The van der Waals surface area contributed by atoms with Crippen LogP contribution in [0.25, 0.3) is 0 Å². The Morgan fingerprint density at radius 1 is 1.00 bits per heavy atom. The minimum absolute atomic E-state index is 0. The Kier molecular flexibility index (Phi) is 8.07. The maximum Gasteiger partial charge on any atom is 0.242 e. The SMILES string of the molecule is Cl.NC1(C(=O)N2CCCN(C(=O)CCc3ccccc3)CC2)CCOCC1. The molecule has 2 saturated heterocycles. The lowest BCUT2D eigenvalue weighted by Crippen LogP contribution is -2.58. The molecule has 1 aromatic carbocycles. The third kappa shape index (κ3) is 5.67. The summed E-state index contributed by atoms with van der Waals surface area (Å²) in [6, 6.07) is 10.1. The fraction of sp³-hybridized carbons (Fsp3) is 0.600. The van der Waals surface area contributed by atoms with Crippen molar-refractivity contribution in [3.05, 3.63) is 35.9 Å². The van der Waals surface area contributed by atoms with E-state index >= 15 is 0 Å². The Labute approximate surface area is 167 Å². The minimum atomic E-state index is -0.801. The molecule has 0 aliphatic carbocycles. The molecule has 2 aliphatic rings. The molecule has 0 spiro atoms. The van der Waals surface area contributed by atoms with Gasteiger partial charge in [0.1, 0.15) is 0 Å². The second-order valence-corrected chi connectivity index (χ2v) is 7.28. The van der Waals surface area contributed by atoms with Gasteiger partial charge in [0.15, 0.2) is 0 Å². The summed E-state index contributed by atoms with van der Waals surface area (Å²) in [6.45, 7) is 3.61. The molecule has 2 fully saturated rings. The zero-order valence-electron chi connectivity index (χ0n) is 15.8. The second kappa shape index (κ2) is 10.1. The van der Waals surface area contributed by atoms with Crippen LogP contribution in [-0.4, -0.2) is 66.5 Å². The lowest BCUT2D eigenvalue weighted by molar-refractivity contribution is -0.141. The molecule has 2 N–H and O–H groups in total. The Morgan fingerprint density at radius 3 is 2.33 bits per heavy atom. The molecule has 1 aromatic rings. The molecule has 150 valence electrons. The monoisotopic (exact) mass is 395 g/mol. The van der Waals surface area contributed by atoms with E-state index in [0.29, 0.717) is 58.7 Å². The van der Waals surface area contributed by atoms with Gasteiger partial charge in [-0.1, -0.05) is 30.3 Å². The number of benzene rings is 1. The van der Waals surface area contributed by atoms with Crippen LogP contribution in [0.3, 0.4) is 0 Å². The van der Waals surface area contributed by atoms with Gasteiger partial charge in [0.25, 0.3) is 0 Å². The van der Waals surface area contributed by atoms with Crippen molar-refractivity contribution in [3.63, 3.8) is 0 Å². The number of rotatable bonds is 4. The van der Waals surface area contributed by atoms with Crippen molar-refractivity contribution in [2.45, 2.75) is 37.6 Å². The number of carbonyl (C=O) groups is 2. The summed E-state index contributed by atoms with van der Waals surface area (Å²) < 4.78 is 5.34. The Bertz CT molecular complexity index is 620. The van der Waals surface area contributed by atoms with Crippen LogP contribution in [0.4, 0.5) is 0 Å². The van der Waals surface area contributed by atoms with Crippen LogP contribution in [0.5, 0.6) is 0 Å². The molecule has 7 heteroatoms. The quantitative estimate of drug-likeness (QED) is 0.840. The second-order valence-electron chi connectivity index (χ2n) is 7.28. The summed E-state index contributed by atoms with van der Waals surface area (Å²) in [5.74, 6) is 0.177. The number of aryl methyl sites for hydroxylation is 1. The molecule has 2 amide bonds. The average molecular weight is 396 g/mol. The molecule has 2 aliphatic heterocycles. The predicted molar refractivity (Wildman–Crippen MR) is 107 cm³/mol. The molecule has 0 aromatic heterocycles. The predicted octanol–water partition coefficient (Wildman–Crippen LogP) is 1.61. The first-order valence-corrected chi connectivity index (χ1v) is 9.56. The highest BCUT2D eigenvalue weighted by Crippen LogP contribution is 2.21. The Balaban J connectivity index is 0.00000261. The van der Waals surface area contributed by atoms with Crippen molar-refractivity contribution < 1.29 is 14.3 Å². The summed E-state index contributed by atoms with van der Waals surface area (Å²) >= 11 is 0. The first-order chi connectivity index (χ1) is 12.6. The van der Waals surface area contributed by atoms with E-state index in [1.54, 1.807) is 0 Å². The molecule has 0 saturated carbocycles. The van der Waals surface area contributed by atoms with Crippen molar-refractivity contribution in [1.29, 1.82) is 0 Å². The molecule has 0 bridgehead atoms. The Hall–Kier alpha value is -1.63. The highest BCUT2D eigenvalue weighted by molar-refractivity contribution is 5.86. The van der Waals surface area contributed by atoms with E-state index in [1.807, 2.05) is 40.1 Å². The van der Waals surface area contributed by atoms with Gasteiger partial charge in [0.2, 0.25) is 11.8 Å². The topological polar surface area (TPSA) is 75.9 Å². The largest absolute Gasteiger partial charge is 0.381 e. The van der Waals surface area contributed by atoms with E-state index in [1.165, 1.54) is 5.56 Å². The highest BCUT2D eigenvalue weighted by atomic mass is 35.5. The number of hydrogen-bond acceptors (Lipinski definition) is 4. The molecular formula is C20H30ClN3O3. The van der Waals surface area contributed by atoms with E-state index in [-0.39, 0.29) is 24.2 Å². The standard InChI is InChI=1S/C20H29N3O3.ClH/c21-20(9-15-26-16-10-20)19(25)23-12-4-11-22(13-14-23)18(24)8-7-17-5-2-1-3-6-17;/h1-3,5-6H,4,7-16,21H2;1H. The number of nitrogens with two attached hydrogens (primary N) is 1. The highest BCUT2D eigenvalue weighted by Gasteiger charge is 2.39. The third-order valence-electron chi connectivity index (χ3n) is 5.42. The molecule has 3 rings (SSSR count). The van der Waals surface area contributed by atoms with Crippen LogP contribution < -0.4 is 5.73 Å². The number of halogens is 1. The molecule has 2 heterocycles. The van der Waals surface area contributed by atoms with E-state index < -0.39 is 5.54 Å². The molecule has 0 unspecified atom stereocenters. The van der Waals surface area contributed by atoms with E-state index in [0.717, 1.165) is 12.8 Å². The number of ether oxygens (including phenoxy) is 1. The number of nitrogens with zero attached hydrogens (tertiary/aromatic N) is 2. The summed E-state index contributed by atoms with van der Waals surface area (Å²) in [4.78, 5) is 29.1. The van der Waals surface area contributed by atoms with Gasteiger partial charge >= 0.3 is 0 Å². The summed E-state index contributed by atoms with van der Waals surface area (Å²) in [5, 5.41) is 0. The van der Waals surface area contributed by atoms with Crippen LogP contribution in [0.15, 0.2) is 30.3 Å². The minimum Gasteiger partial charge on any atom is -0.381 e. The fourth-order valence-corrected chi connectivity index (χ4v) is 3.69. The van der Waals surface area contributed by atoms with E-state index in [9.17, 15) is 9.59 Å². The van der Waals surface area contributed by atoms with E-state index in [4.69, 9.17) is 10.5 Å². The first kappa shape index (κ1) is 21.7. The van der Waals surface area contributed by atoms with Gasteiger partial charge in [0.05, 0.1) is 5.54 Å². The van der Waals surface area contributed by atoms with Gasteiger partial charge in [-0.2, -0.15) is 0 Å². The lowest BCUT2D eigenvalue weighted by atomic mass is 9.89. The van der Waals surface area contributed by atoms with E-state index in [2.05, 4.69) is 0 Å². The lowest BCUT2D eigenvalue weighted by Gasteiger charge is -2.36. The summed E-state index contributed by atoms with van der Waals surface area (Å²) in [6.07, 6.45) is 3.21. The molecule has 27 heavy (non-hydrogen) atoms. The fourth-order valence-electron chi connectivity index (χ4n) is 3.69. The first-order valence-electron chi connectivity index (χ1n) is 9.56. The van der Waals surface area contributed by atoms with Gasteiger partial charge in [-0.3, -0.25) is 9.59 Å². The van der Waals surface area contributed by atoms with Gasteiger partial charge in [-0.15, -0.1) is 12.4 Å². The average Bonchev–Trinajstić information content (AvgIpc) is 2.93.